The Morgan fingerprint density at radius 1 is 0.698 bits per heavy atom. The van der Waals surface area contributed by atoms with Crippen molar-refractivity contribution in [2.75, 3.05) is 23.7 Å². The zero-order valence-electron chi connectivity index (χ0n) is 24.3. The third kappa shape index (κ3) is 6.81. The molecule has 0 bridgehead atoms. The summed E-state index contributed by atoms with van der Waals surface area (Å²) in [4.78, 5) is 25.1. The predicted octanol–water partition coefficient (Wildman–Crippen LogP) is 6.88. The van der Waals surface area contributed by atoms with Crippen LogP contribution in [0.15, 0.2) is 68.5 Å². The molecule has 11 heteroatoms. The molecular weight excluding hydrogens is 596 g/mol. The van der Waals surface area contributed by atoms with Gasteiger partial charge in [-0.25, -0.2) is 0 Å². The maximum atomic E-state index is 16.7. The van der Waals surface area contributed by atoms with Gasteiger partial charge in [0, 0.05) is 0 Å². The van der Waals surface area contributed by atoms with Crippen LogP contribution >= 0.6 is 0 Å². The van der Waals surface area contributed by atoms with Crippen LogP contribution in [0.1, 0.15) is 52.4 Å². The van der Waals surface area contributed by atoms with E-state index in [2.05, 4.69) is 21.3 Å². The molecule has 2 aromatic carbocycles. The monoisotopic (exact) mass is 632 g/mol. The summed E-state index contributed by atoms with van der Waals surface area (Å²) in [5.74, 6) is -4.10. The first-order valence-corrected chi connectivity index (χ1v) is 17.7. The summed E-state index contributed by atoms with van der Waals surface area (Å²) in [5, 5.41) is 10.2. The molecule has 228 valence electrons. The topological polar surface area (TPSA) is 82.3 Å². The van der Waals surface area contributed by atoms with E-state index >= 15 is 17.6 Å². The van der Waals surface area contributed by atoms with Crippen molar-refractivity contribution in [2.45, 2.75) is 52.4 Å². The van der Waals surface area contributed by atoms with Crippen molar-refractivity contribution < 1.29 is 43.7 Å². The summed E-state index contributed by atoms with van der Waals surface area (Å²) in [7, 11) is 0. The van der Waals surface area contributed by atoms with Gasteiger partial charge >= 0.3 is 253 Å². The van der Waals surface area contributed by atoms with Crippen LogP contribution in [-0.4, -0.2) is 25.2 Å². The summed E-state index contributed by atoms with van der Waals surface area (Å²) in [6, 6.07) is 2.90. The molecule has 0 aliphatic heterocycles. The molecule has 2 aliphatic carbocycles. The number of unbranched alkanes of at least 4 members (excludes halogenated alkanes) is 2. The fourth-order valence-corrected chi connectivity index (χ4v) is 13.8. The molecule has 2 aromatic rings. The second-order valence-corrected chi connectivity index (χ2v) is 16.3. The fourth-order valence-electron chi connectivity index (χ4n) is 5.50. The van der Waals surface area contributed by atoms with E-state index < -0.39 is 59.7 Å². The number of carbonyl (C=O) groups excluding carboxylic acids is 2. The standard InChI is InChI=1S/2C11H13F2N2O.2C5H5.Ti/c2*1-2-3-6-14-11(16)15-10-5-4-8(12)7-9(10)13;2*1-2-4-5-3-1;/h2*4-5H,2-3,6H2,1H3,(H2,14,15,16);2*1-3H,4H2;. The van der Waals surface area contributed by atoms with Crippen molar-refractivity contribution in [3.8, 4) is 0 Å². The summed E-state index contributed by atoms with van der Waals surface area (Å²) < 4.78 is 65.7. The van der Waals surface area contributed by atoms with Gasteiger partial charge in [0.15, 0.2) is 0 Å². The molecule has 0 fully saturated rings. The minimum atomic E-state index is -5.12. The molecule has 6 nitrogen and oxygen atoms in total. The van der Waals surface area contributed by atoms with E-state index in [-0.39, 0.29) is 24.2 Å². The van der Waals surface area contributed by atoms with E-state index in [1.54, 1.807) is 36.5 Å². The van der Waals surface area contributed by atoms with Crippen molar-refractivity contribution in [3.05, 3.63) is 91.7 Å². The summed E-state index contributed by atoms with van der Waals surface area (Å²) >= 11 is -5.12. The van der Waals surface area contributed by atoms with Crippen LogP contribution in [0.5, 0.6) is 0 Å². The van der Waals surface area contributed by atoms with Crippen LogP contribution in [0.4, 0.5) is 38.5 Å². The van der Waals surface area contributed by atoms with E-state index in [4.69, 9.17) is 0 Å². The molecule has 0 saturated heterocycles. The number of anilines is 2. The number of rotatable bonds is 12. The molecule has 43 heavy (non-hydrogen) atoms. The second kappa shape index (κ2) is 14.7. The van der Waals surface area contributed by atoms with E-state index in [1.165, 1.54) is 0 Å². The molecule has 4 amide bonds. The molecule has 0 saturated carbocycles. The van der Waals surface area contributed by atoms with E-state index in [0.717, 1.165) is 37.1 Å². The Morgan fingerprint density at radius 3 is 1.47 bits per heavy atom. The maximum absolute atomic E-state index is 16.7. The van der Waals surface area contributed by atoms with Crippen LogP contribution in [0.3, 0.4) is 0 Å². The fraction of sp³-hybridized carbons (Fsp3) is 0.312. The van der Waals surface area contributed by atoms with Gasteiger partial charge in [0.25, 0.3) is 0 Å². The SMILES string of the molecule is CCCCNC(=O)Nc1ccc(F)[c]([Ti]([C]2=CC=CC2)([C]2=CC=CC2)[c]2c(F)ccc(NC(=O)NCCCC)c2F)c1F. The average Bonchev–Trinajstić information content (AvgIpc) is 3.71. The van der Waals surface area contributed by atoms with Crippen molar-refractivity contribution >= 4 is 31.2 Å². The molecule has 0 radical (unpaired) electrons. The molecule has 0 unspecified atom stereocenters. The minimum absolute atomic E-state index is 0.236. The summed E-state index contributed by atoms with van der Waals surface area (Å²) in [5.41, 5.74) is -0.604. The van der Waals surface area contributed by atoms with Gasteiger partial charge in [-0.1, -0.05) is 0 Å². The van der Waals surface area contributed by atoms with Gasteiger partial charge in [0.05, 0.1) is 0 Å². The Labute approximate surface area is 252 Å². The number of nitrogens with one attached hydrogen (secondary N) is 4. The van der Waals surface area contributed by atoms with Crippen molar-refractivity contribution in [2.24, 2.45) is 0 Å². The molecule has 0 atom stereocenters. The molecule has 0 heterocycles. The van der Waals surface area contributed by atoms with Gasteiger partial charge < -0.3 is 0 Å². The second-order valence-electron chi connectivity index (χ2n) is 10.4. The number of amides is 4. The number of carbonyl (C=O) groups is 2. The first-order chi connectivity index (χ1) is 20.7. The molecule has 0 spiro atoms. The van der Waals surface area contributed by atoms with E-state index in [9.17, 15) is 9.59 Å². The van der Waals surface area contributed by atoms with Gasteiger partial charge in [-0.2, -0.15) is 0 Å². The van der Waals surface area contributed by atoms with Crippen molar-refractivity contribution in [1.29, 1.82) is 0 Å². The molecule has 4 N–H and O–H groups in total. The summed E-state index contributed by atoms with van der Waals surface area (Å²) in [6.45, 7) is 4.63. The van der Waals surface area contributed by atoms with Crippen LogP contribution in [0, 0.1) is 23.3 Å². The van der Waals surface area contributed by atoms with E-state index in [0.29, 0.717) is 33.7 Å². The number of allylic oxidation sites excluding steroid dienone is 8. The third-order valence-corrected chi connectivity index (χ3v) is 15.5. The van der Waals surface area contributed by atoms with Crippen molar-refractivity contribution in [1.82, 2.24) is 10.6 Å². The third-order valence-electron chi connectivity index (χ3n) is 7.57. The number of halogens is 4. The Balaban J connectivity index is 1.94. The number of urea groups is 2. The Bertz CT molecular complexity index is 1390. The van der Waals surface area contributed by atoms with Gasteiger partial charge in [-0.3, -0.25) is 0 Å². The normalized spacial score (nSPS) is 14.0. The molecule has 2 aliphatic rings. The zero-order chi connectivity index (χ0) is 31.0. The van der Waals surface area contributed by atoms with Crippen LogP contribution in [0.25, 0.3) is 0 Å². The molecule has 4 rings (SSSR count). The first-order valence-electron chi connectivity index (χ1n) is 14.5. The predicted molar refractivity (Wildman–Crippen MR) is 160 cm³/mol. The van der Waals surface area contributed by atoms with Gasteiger partial charge in [-0.15, -0.1) is 0 Å². The average molecular weight is 633 g/mol. The van der Waals surface area contributed by atoms with Gasteiger partial charge in [0.1, 0.15) is 0 Å². The van der Waals surface area contributed by atoms with Gasteiger partial charge in [0.2, 0.25) is 0 Å². The Hall–Kier alpha value is -3.63. The van der Waals surface area contributed by atoms with Crippen LogP contribution in [0.2, 0.25) is 0 Å². The van der Waals surface area contributed by atoms with Gasteiger partial charge in [-0.05, 0) is 0 Å². The quantitative estimate of drug-likeness (QED) is 0.117. The van der Waals surface area contributed by atoms with E-state index in [1.807, 2.05) is 13.8 Å². The molecular formula is C32H36F4N4O2Ti. The number of benzene rings is 2. The van der Waals surface area contributed by atoms with Crippen LogP contribution < -0.4 is 29.0 Å². The Morgan fingerprint density at radius 2 is 1.12 bits per heavy atom. The molecule has 0 aromatic heterocycles. The first kappa shape index (κ1) is 32.3. The summed E-state index contributed by atoms with van der Waals surface area (Å²) in [6.07, 6.45) is 13.9. The number of hydrogen-bond acceptors (Lipinski definition) is 2. The number of hydrogen-bond donors (Lipinski definition) is 4. The van der Waals surface area contributed by atoms with Crippen LogP contribution in [-0.2, 0) is 16.6 Å². The van der Waals surface area contributed by atoms with Crippen molar-refractivity contribution in [3.63, 3.8) is 0 Å². The zero-order valence-corrected chi connectivity index (χ0v) is 25.8. The Kier molecular flexibility index (Phi) is 11.0.